The number of anilines is 1. The third-order valence-electron chi connectivity index (χ3n) is 3.61. The maximum Gasteiger partial charge on any atom is 0.128 e. The largest absolute Gasteiger partial charge is 0.392 e. The molecule has 0 saturated carbocycles. The van der Waals surface area contributed by atoms with Crippen LogP contribution in [0.1, 0.15) is 31.7 Å². The second-order valence-corrected chi connectivity index (χ2v) is 5.04. The van der Waals surface area contributed by atoms with Crippen LogP contribution in [0.15, 0.2) is 12.3 Å². The van der Waals surface area contributed by atoms with E-state index < -0.39 is 0 Å². The molecule has 0 atom stereocenters. The number of piperidine rings is 1. The number of aliphatic hydroxyl groups is 1. The van der Waals surface area contributed by atoms with Crippen LogP contribution >= 0.6 is 11.6 Å². The molecular weight excluding hydrogens is 236 g/mol. The molecule has 1 saturated heterocycles. The van der Waals surface area contributed by atoms with Crippen molar-refractivity contribution in [3.05, 3.63) is 22.8 Å². The van der Waals surface area contributed by atoms with E-state index in [4.69, 9.17) is 11.6 Å². The van der Waals surface area contributed by atoms with Gasteiger partial charge in [-0.1, -0.05) is 24.9 Å². The van der Waals surface area contributed by atoms with Crippen LogP contribution in [0.25, 0.3) is 0 Å². The summed E-state index contributed by atoms with van der Waals surface area (Å²) < 4.78 is 0. The average molecular weight is 255 g/mol. The minimum atomic E-state index is -0.0280. The number of pyridine rings is 1. The Balaban J connectivity index is 2.08. The molecule has 4 heteroatoms. The number of rotatable bonds is 3. The van der Waals surface area contributed by atoms with E-state index in [9.17, 15) is 5.11 Å². The van der Waals surface area contributed by atoms with Crippen molar-refractivity contribution in [1.82, 2.24) is 4.98 Å². The fourth-order valence-corrected chi connectivity index (χ4v) is 2.50. The van der Waals surface area contributed by atoms with E-state index in [0.29, 0.717) is 5.02 Å². The lowest BCUT2D eigenvalue weighted by Gasteiger charge is -2.32. The second kappa shape index (κ2) is 5.69. The topological polar surface area (TPSA) is 36.4 Å². The van der Waals surface area contributed by atoms with Gasteiger partial charge in [0, 0.05) is 24.8 Å². The highest BCUT2D eigenvalue weighted by atomic mass is 35.5. The first-order chi connectivity index (χ1) is 8.24. The molecule has 0 aromatic carbocycles. The van der Waals surface area contributed by atoms with Crippen LogP contribution in [0.4, 0.5) is 5.82 Å². The number of halogens is 1. The minimum Gasteiger partial charge on any atom is -0.392 e. The van der Waals surface area contributed by atoms with Gasteiger partial charge in [0.25, 0.3) is 0 Å². The molecule has 0 spiro atoms. The molecule has 1 fully saturated rings. The first kappa shape index (κ1) is 12.7. The summed E-state index contributed by atoms with van der Waals surface area (Å²) in [5.41, 5.74) is 0.759. The van der Waals surface area contributed by atoms with Crippen molar-refractivity contribution >= 4 is 17.4 Å². The van der Waals surface area contributed by atoms with E-state index in [-0.39, 0.29) is 6.61 Å². The van der Waals surface area contributed by atoms with E-state index in [1.807, 2.05) is 6.07 Å². The van der Waals surface area contributed by atoms with Gasteiger partial charge in [0.15, 0.2) is 0 Å². The monoisotopic (exact) mass is 254 g/mol. The van der Waals surface area contributed by atoms with E-state index in [0.717, 1.165) is 30.4 Å². The molecule has 1 aliphatic heterocycles. The maximum atomic E-state index is 9.19. The standard InChI is InChI=1S/C13H19ClN2O/c1-2-10-3-5-16(6-4-10)13-7-11(9-17)12(14)8-15-13/h7-8,10,17H,2-6,9H2,1H3. The molecule has 0 bridgehead atoms. The number of aliphatic hydroxyl groups excluding tert-OH is 1. The molecule has 0 radical (unpaired) electrons. The van der Waals surface area contributed by atoms with Crippen LogP contribution in [0.3, 0.4) is 0 Å². The molecule has 1 N–H and O–H groups in total. The van der Waals surface area contributed by atoms with Crippen molar-refractivity contribution in [2.24, 2.45) is 5.92 Å². The van der Waals surface area contributed by atoms with Gasteiger partial charge in [-0.25, -0.2) is 4.98 Å². The van der Waals surface area contributed by atoms with Crippen molar-refractivity contribution < 1.29 is 5.11 Å². The van der Waals surface area contributed by atoms with Crippen LogP contribution in [-0.2, 0) is 6.61 Å². The van der Waals surface area contributed by atoms with Gasteiger partial charge in [0.1, 0.15) is 5.82 Å². The zero-order valence-corrected chi connectivity index (χ0v) is 11.0. The highest BCUT2D eigenvalue weighted by Crippen LogP contribution is 2.26. The number of aromatic nitrogens is 1. The lowest BCUT2D eigenvalue weighted by molar-refractivity contribution is 0.282. The van der Waals surface area contributed by atoms with Crippen molar-refractivity contribution in [1.29, 1.82) is 0 Å². The van der Waals surface area contributed by atoms with Gasteiger partial charge >= 0.3 is 0 Å². The van der Waals surface area contributed by atoms with Crippen LogP contribution < -0.4 is 4.90 Å². The number of hydrogen-bond acceptors (Lipinski definition) is 3. The Morgan fingerprint density at radius 1 is 1.47 bits per heavy atom. The van der Waals surface area contributed by atoms with Gasteiger partial charge in [-0.3, -0.25) is 0 Å². The van der Waals surface area contributed by atoms with Crippen LogP contribution in [0.2, 0.25) is 5.02 Å². The van der Waals surface area contributed by atoms with Crippen LogP contribution in [0, 0.1) is 5.92 Å². The molecule has 2 rings (SSSR count). The molecule has 0 unspecified atom stereocenters. The molecule has 1 aliphatic rings. The molecule has 0 amide bonds. The van der Waals surface area contributed by atoms with E-state index in [1.165, 1.54) is 19.3 Å². The Kier molecular flexibility index (Phi) is 4.24. The Morgan fingerprint density at radius 2 is 2.18 bits per heavy atom. The summed E-state index contributed by atoms with van der Waals surface area (Å²) in [5.74, 6) is 1.80. The lowest BCUT2D eigenvalue weighted by atomic mass is 9.94. The maximum absolute atomic E-state index is 9.19. The Morgan fingerprint density at radius 3 is 2.76 bits per heavy atom. The molecule has 2 heterocycles. The predicted octanol–water partition coefficient (Wildman–Crippen LogP) is 2.85. The molecular formula is C13H19ClN2O. The molecule has 1 aromatic heterocycles. The fourth-order valence-electron chi connectivity index (χ4n) is 2.33. The normalized spacial score (nSPS) is 17.5. The zero-order valence-electron chi connectivity index (χ0n) is 10.2. The van der Waals surface area contributed by atoms with Gasteiger partial charge < -0.3 is 10.0 Å². The summed E-state index contributed by atoms with van der Waals surface area (Å²) in [6.07, 6.45) is 5.36. The Labute approximate surface area is 107 Å². The number of hydrogen-bond donors (Lipinski definition) is 1. The van der Waals surface area contributed by atoms with Gasteiger partial charge in [-0.2, -0.15) is 0 Å². The third-order valence-corrected chi connectivity index (χ3v) is 3.95. The van der Waals surface area contributed by atoms with Gasteiger partial charge in [-0.05, 0) is 24.8 Å². The molecule has 17 heavy (non-hydrogen) atoms. The minimum absolute atomic E-state index is 0.0280. The van der Waals surface area contributed by atoms with Gasteiger partial charge in [0.05, 0.1) is 11.6 Å². The first-order valence-electron chi connectivity index (χ1n) is 6.24. The second-order valence-electron chi connectivity index (χ2n) is 4.63. The Hall–Kier alpha value is -0.800. The molecule has 1 aromatic rings. The van der Waals surface area contributed by atoms with Crippen LogP contribution in [-0.4, -0.2) is 23.2 Å². The lowest BCUT2D eigenvalue weighted by Crippen LogP contribution is -2.34. The van der Waals surface area contributed by atoms with Crippen molar-refractivity contribution in [3.63, 3.8) is 0 Å². The fraction of sp³-hybridized carbons (Fsp3) is 0.615. The third kappa shape index (κ3) is 2.90. The summed E-state index contributed by atoms with van der Waals surface area (Å²) in [6, 6.07) is 1.90. The summed E-state index contributed by atoms with van der Waals surface area (Å²) in [5, 5.41) is 9.73. The summed E-state index contributed by atoms with van der Waals surface area (Å²) >= 11 is 5.94. The predicted molar refractivity (Wildman–Crippen MR) is 70.4 cm³/mol. The highest BCUT2D eigenvalue weighted by Gasteiger charge is 2.19. The number of nitrogens with zero attached hydrogens (tertiary/aromatic N) is 2. The zero-order chi connectivity index (χ0) is 12.3. The first-order valence-corrected chi connectivity index (χ1v) is 6.62. The van der Waals surface area contributed by atoms with E-state index >= 15 is 0 Å². The quantitative estimate of drug-likeness (QED) is 0.901. The van der Waals surface area contributed by atoms with E-state index in [2.05, 4.69) is 16.8 Å². The summed E-state index contributed by atoms with van der Waals surface area (Å²) in [4.78, 5) is 6.62. The van der Waals surface area contributed by atoms with Gasteiger partial charge in [0.2, 0.25) is 0 Å². The highest BCUT2D eigenvalue weighted by molar-refractivity contribution is 6.31. The molecule has 94 valence electrons. The van der Waals surface area contributed by atoms with Crippen LogP contribution in [0.5, 0.6) is 0 Å². The SMILES string of the molecule is CCC1CCN(c2cc(CO)c(Cl)cn2)CC1. The average Bonchev–Trinajstić information content (AvgIpc) is 2.39. The summed E-state index contributed by atoms with van der Waals surface area (Å²) in [6.45, 7) is 4.33. The molecule has 3 nitrogen and oxygen atoms in total. The summed E-state index contributed by atoms with van der Waals surface area (Å²) in [7, 11) is 0. The molecule has 0 aliphatic carbocycles. The van der Waals surface area contributed by atoms with Crippen molar-refractivity contribution in [2.45, 2.75) is 32.8 Å². The van der Waals surface area contributed by atoms with E-state index in [1.54, 1.807) is 6.20 Å². The van der Waals surface area contributed by atoms with Crippen molar-refractivity contribution in [3.8, 4) is 0 Å². The Bertz CT molecular complexity index is 376. The van der Waals surface area contributed by atoms with Crippen molar-refractivity contribution in [2.75, 3.05) is 18.0 Å². The smallest absolute Gasteiger partial charge is 0.128 e. The van der Waals surface area contributed by atoms with Gasteiger partial charge in [-0.15, -0.1) is 0 Å².